The van der Waals surface area contributed by atoms with Crippen LogP contribution in [-0.2, 0) is 0 Å². The van der Waals surface area contributed by atoms with E-state index in [1.54, 1.807) is 24.3 Å². The SMILES string of the molecule is Cl.NCC(F)c1ccccc1Cl. The smallest absolute Gasteiger partial charge is 0.139 e. The van der Waals surface area contributed by atoms with Crippen LogP contribution in [-0.4, -0.2) is 6.54 Å². The summed E-state index contributed by atoms with van der Waals surface area (Å²) in [4.78, 5) is 0. The summed E-state index contributed by atoms with van der Waals surface area (Å²) in [7, 11) is 0. The van der Waals surface area contributed by atoms with Crippen LogP contribution in [0, 0.1) is 0 Å². The Kier molecular flexibility index (Phi) is 5.22. The molecule has 0 saturated heterocycles. The van der Waals surface area contributed by atoms with Crippen molar-refractivity contribution in [1.29, 1.82) is 0 Å². The van der Waals surface area contributed by atoms with E-state index in [1.165, 1.54) is 0 Å². The molecule has 1 aromatic rings. The third-order valence-electron chi connectivity index (χ3n) is 1.45. The molecule has 2 N–H and O–H groups in total. The normalized spacial score (nSPS) is 11.9. The highest BCUT2D eigenvalue weighted by Gasteiger charge is 2.09. The number of rotatable bonds is 2. The van der Waals surface area contributed by atoms with Crippen LogP contribution in [0.4, 0.5) is 4.39 Å². The molecular formula is C8H10Cl2FN. The molecule has 4 heteroatoms. The minimum absolute atomic E-state index is 0. The van der Waals surface area contributed by atoms with E-state index in [2.05, 4.69) is 0 Å². The minimum Gasteiger partial charge on any atom is -0.327 e. The maximum Gasteiger partial charge on any atom is 0.139 e. The van der Waals surface area contributed by atoms with Gasteiger partial charge in [-0.05, 0) is 6.07 Å². The Morgan fingerprint density at radius 1 is 1.42 bits per heavy atom. The first-order valence-electron chi connectivity index (χ1n) is 3.34. The van der Waals surface area contributed by atoms with Crippen LogP contribution in [0.15, 0.2) is 24.3 Å². The van der Waals surface area contributed by atoms with Crippen LogP contribution in [0.25, 0.3) is 0 Å². The molecule has 1 rings (SSSR count). The van der Waals surface area contributed by atoms with Crippen molar-refractivity contribution in [3.8, 4) is 0 Å². The fourth-order valence-corrected chi connectivity index (χ4v) is 1.11. The molecule has 0 radical (unpaired) electrons. The van der Waals surface area contributed by atoms with Crippen LogP contribution < -0.4 is 5.73 Å². The molecule has 12 heavy (non-hydrogen) atoms. The molecule has 0 aliphatic carbocycles. The zero-order chi connectivity index (χ0) is 8.27. The lowest BCUT2D eigenvalue weighted by Crippen LogP contribution is -2.07. The van der Waals surface area contributed by atoms with Gasteiger partial charge < -0.3 is 5.73 Å². The number of halogens is 3. The van der Waals surface area contributed by atoms with Crippen molar-refractivity contribution in [3.63, 3.8) is 0 Å². The molecule has 68 valence electrons. The molecule has 0 bridgehead atoms. The lowest BCUT2D eigenvalue weighted by Gasteiger charge is -2.06. The summed E-state index contributed by atoms with van der Waals surface area (Å²) in [5, 5.41) is 0.436. The standard InChI is InChI=1S/C8H9ClFN.ClH/c9-7-4-2-1-3-6(7)8(10)5-11;/h1-4,8H,5,11H2;1H. The summed E-state index contributed by atoms with van der Waals surface area (Å²) in [6.07, 6.45) is -1.15. The van der Waals surface area contributed by atoms with E-state index in [1.807, 2.05) is 0 Å². The summed E-state index contributed by atoms with van der Waals surface area (Å²) in [6, 6.07) is 6.79. The number of hydrogen-bond donors (Lipinski definition) is 1. The van der Waals surface area contributed by atoms with Gasteiger partial charge in [0.1, 0.15) is 6.17 Å². The first-order valence-corrected chi connectivity index (χ1v) is 3.72. The van der Waals surface area contributed by atoms with E-state index in [4.69, 9.17) is 17.3 Å². The highest BCUT2D eigenvalue weighted by molar-refractivity contribution is 6.31. The van der Waals surface area contributed by atoms with E-state index in [0.29, 0.717) is 10.6 Å². The summed E-state index contributed by atoms with van der Waals surface area (Å²) in [6.45, 7) is -0.0241. The Morgan fingerprint density at radius 3 is 2.50 bits per heavy atom. The first-order chi connectivity index (χ1) is 5.25. The van der Waals surface area contributed by atoms with Crippen molar-refractivity contribution in [2.45, 2.75) is 6.17 Å². The Labute approximate surface area is 82.1 Å². The highest BCUT2D eigenvalue weighted by atomic mass is 35.5. The minimum atomic E-state index is -1.15. The summed E-state index contributed by atoms with van der Waals surface area (Å²) in [5.74, 6) is 0. The summed E-state index contributed by atoms with van der Waals surface area (Å²) in [5.41, 5.74) is 5.61. The van der Waals surface area contributed by atoms with Gasteiger partial charge in [-0.25, -0.2) is 4.39 Å². The van der Waals surface area contributed by atoms with Gasteiger partial charge in [0.2, 0.25) is 0 Å². The number of alkyl halides is 1. The first kappa shape index (κ1) is 11.7. The average Bonchev–Trinajstić information content (AvgIpc) is 2.04. The largest absolute Gasteiger partial charge is 0.327 e. The molecule has 0 aliphatic rings. The van der Waals surface area contributed by atoms with Crippen LogP contribution in [0.3, 0.4) is 0 Å². The molecule has 1 atom stereocenters. The van der Waals surface area contributed by atoms with Crippen LogP contribution >= 0.6 is 24.0 Å². The number of hydrogen-bond acceptors (Lipinski definition) is 1. The Bertz CT molecular complexity index is 242. The van der Waals surface area contributed by atoms with Gasteiger partial charge in [-0.2, -0.15) is 0 Å². The number of nitrogens with two attached hydrogens (primary N) is 1. The Morgan fingerprint density at radius 2 is 2.00 bits per heavy atom. The predicted octanol–water partition coefficient (Wildman–Crippen LogP) is 2.73. The lowest BCUT2D eigenvalue weighted by molar-refractivity contribution is 0.353. The van der Waals surface area contributed by atoms with Gasteiger partial charge in [0.25, 0.3) is 0 Å². The van der Waals surface area contributed by atoms with Crippen molar-refractivity contribution in [2.75, 3.05) is 6.54 Å². The fourth-order valence-electron chi connectivity index (χ4n) is 0.856. The van der Waals surface area contributed by atoms with E-state index in [0.717, 1.165) is 0 Å². The van der Waals surface area contributed by atoms with Crippen molar-refractivity contribution in [3.05, 3.63) is 34.9 Å². The average molecular weight is 210 g/mol. The quantitative estimate of drug-likeness (QED) is 0.797. The molecule has 1 aromatic carbocycles. The van der Waals surface area contributed by atoms with Crippen molar-refractivity contribution < 1.29 is 4.39 Å². The topological polar surface area (TPSA) is 26.0 Å². The Balaban J connectivity index is 0.00000121. The fraction of sp³-hybridized carbons (Fsp3) is 0.250. The molecule has 0 saturated carbocycles. The summed E-state index contributed by atoms with van der Waals surface area (Å²) >= 11 is 5.70. The third-order valence-corrected chi connectivity index (χ3v) is 1.79. The molecule has 1 nitrogen and oxygen atoms in total. The van der Waals surface area contributed by atoms with E-state index in [9.17, 15) is 4.39 Å². The molecule has 0 heterocycles. The van der Waals surface area contributed by atoms with Gasteiger partial charge in [-0.1, -0.05) is 29.8 Å². The van der Waals surface area contributed by atoms with E-state index < -0.39 is 6.17 Å². The summed E-state index contributed by atoms with van der Waals surface area (Å²) < 4.78 is 12.9. The van der Waals surface area contributed by atoms with Gasteiger partial charge in [0.15, 0.2) is 0 Å². The number of benzene rings is 1. The second-order valence-corrected chi connectivity index (χ2v) is 2.63. The zero-order valence-corrected chi connectivity index (χ0v) is 7.91. The molecule has 0 aromatic heterocycles. The maximum atomic E-state index is 12.9. The monoisotopic (exact) mass is 209 g/mol. The van der Waals surface area contributed by atoms with Gasteiger partial charge in [-0.15, -0.1) is 12.4 Å². The van der Waals surface area contributed by atoms with Gasteiger partial charge in [-0.3, -0.25) is 0 Å². The second kappa shape index (κ2) is 5.36. The van der Waals surface area contributed by atoms with Crippen LogP contribution in [0.1, 0.15) is 11.7 Å². The van der Waals surface area contributed by atoms with E-state index >= 15 is 0 Å². The van der Waals surface area contributed by atoms with Crippen molar-refractivity contribution in [1.82, 2.24) is 0 Å². The van der Waals surface area contributed by atoms with Gasteiger partial charge in [0, 0.05) is 17.1 Å². The Hall–Kier alpha value is -0.310. The molecule has 0 amide bonds. The molecule has 0 fully saturated rings. The van der Waals surface area contributed by atoms with Crippen molar-refractivity contribution in [2.24, 2.45) is 5.73 Å². The second-order valence-electron chi connectivity index (χ2n) is 2.22. The van der Waals surface area contributed by atoms with E-state index in [-0.39, 0.29) is 19.0 Å². The van der Waals surface area contributed by atoms with Gasteiger partial charge >= 0.3 is 0 Å². The molecule has 0 aliphatic heterocycles. The lowest BCUT2D eigenvalue weighted by atomic mass is 10.1. The van der Waals surface area contributed by atoms with Crippen LogP contribution in [0.2, 0.25) is 5.02 Å². The third kappa shape index (κ3) is 2.63. The highest BCUT2D eigenvalue weighted by Crippen LogP contribution is 2.23. The predicted molar refractivity (Wildman–Crippen MR) is 51.6 cm³/mol. The molecule has 0 spiro atoms. The molecular weight excluding hydrogens is 200 g/mol. The van der Waals surface area contributed by atoms with Gasteiger partial charge in [0.05, 0.1) is 0 Å². The molecule has 1 unspecified atom stereocenters. The zero-order valence-electron chi connectivity index (χ0n) is 6.34. The van der Waals surface area contributed by atoms with Crippen LogP contribution in [0.5, 0.6) is 0 Å². The maximum absolute atomic E-state index is 12.9. The van der Waals surface area contributed by atoms with Crippen molar-refractivity contribution >= 4 is 24.0 Å².